The molecule has 172 valence electrons. The van der Waals surface area contributed by atoms with Gasteiger partial charge in [0.2, 0.25) is 0 Å². The molecule has 0 amide bonds. The van der Waals surface area contributed by atoms with Crippen LogP contribution in [-0.2, 0) is 13.6 Å². The number of nitrogens with zero attached hydrogens (tertiary/aromatic N) is 3. The normalized spacial score (nSPS) is 11.3. The van der Waals surface area contributed by atoms with Gasteiger partial charge < -0.3 is 14.0 Å². The lowest BCUT2D eigenvalue weighted by Gasteiger charge is -2.15. The summed E-state index contributed by atoms with van der Waals surface area (Å²) in [5.41, 5.74) is 3.49. The van der Waals surface area contributed by atoms with Gasteiger partial charge in [-0.1, -0.05) is 30.3 Å². The smallest absolute Gasteiger partial charge is 0.336 e. The number of ether oxygens (including phenoxy) is 2. The Morgan fingerprint density at radius 3 is 2.18 bits per heavy atom. The molecular weight excluding hydrogens is 430 g/mol. The first kappa shape index (κ1) is 21.6. The highest BCUT2D eigenvalue weighted by Gasteiger charge is 2.22. The Morgan fingerprint density at radius 1 is 0.824 bits per heavy atom. The number of para-hydroxylation sites is 1. The molecule has 0 aliphatic heterocycles. The van der Waals surface area contributed by atoms with E-state index in [4.69, 9.17) is 9.47 Å². The molecule has 0 radical (unpaired) electrons. The largest absolute Gasteiger partial charge is 0.497 e. The van der Waals surface area contributed by atoms with Crippen LogP contribution in [0.2, 0.25) is 0 Å². The molecule has 34 heavy (non-hydrogen) atoms. The SMILES string of the molecule is COc1ccc(Cn2c(=O)n(-c3ccccc3C)c(=O)c3c2c2cc(OC)ccc2n3C)cc1. The fraction of sp³-hybridized carbons (Fsp3) is 0.185. The summed E-state index contributed by atoms with van der Waals surface area (Å²) in [5, 5.41) is 0.788. The molecule has 2 heterocycles. The average molecular weight is 456 g/mol. The van der Waals surface area contributed by atoms with Crippen LogP contribution >= 0.6 is 0 Å². The molecule has 0 aliphatic rings. The third-order valence-corrected chi connectivity index (χ3v) is 6.33. The first-order chi connectivity index (χ1) is 16.4. The van der Waals surface area contributed by atoms with E-state index in [1.165, 1.54) is 4.57 Å². The number of hydrogen-bond acceptors (Lipinski definition) is 4. The van der Waals surface area contributed by atoms with Gasteiger partial charge >= 0.3 is 5.69 Å². The maximum absolute atomic E-state index is 14.0. The topological polar surface area (TPSA) is 67.4 Å². The van der Waals surface area contributed by atoms with Crippen LogP contribution in [0.1, 0.15) is 11.1 Å². The van der Waals surface area contributed by atoms with Crippen molar-refractivity contribution in [1.29, 1.82) is 0 Å². The van der Waals surface area contributed by atoms with Crippen molar-refractivity contribution in [1.82, 2.24) is 13.7 Å². The second-order valence-electron chi connectivity index (χ2n) is 8.28. The van der Waals surface area contributed by atoms with Gasteiger partial charge in [0.05, 0.1) is 37.5 Å². The van der Waals surface area contributed by atoms with Crippen LogP contribution < -0.4 is 20.7 Å². The molecule has 3 aromatic carbocycles. The standard InChI is InChI=1S/C27H25N3O4/c1-17-7-5-6-8-22(17)30-26(31)25-24(21-15-20(34-4)13-14-23(21)28(25)2)29(27(30)32)16-18-9-11-19(33-3)12-10-18/h5-15H,16H2,1-4H3. The van der Waals surface area contributed by atoms with Crippen LogP contribution in [0.15, 0.2) is 76.3 Å². The van der Waals surface area contributed by atoms with Crippen LogP contribution in [0, 0.1) is 6.92 Å². The minimum atomic E-state index is -0.391. The lowest BCUT2D eigenvalue weighted by Crippen LogP contribution is -2.39. The number of benzene rings is 3. The monoisotopic (exact) mass is 455 g/mol. The Balaban J connectivity index is 1.91. The lowest BCUT2D eigenvalue weighted by molar-refractivity contribution is 0.414. The molecule has 0 spiro atoms. The molecule has 5 aromatic rings. The van der Waals surface area contributed by atoms with Crippen molar-refractivity contribution in [3.63, 3.8) is 0 Å². The number of aryl methyl sites for hydroxylation is 2. The van der Waals surface area contributed by atoms with E-state index < -0.39 is 5.69 Å². The van der Waals surface area contributed by atoms with Gasteiger partial charge in [0.15, 0.2) is 0 Å². The summed E-state index contributed by atoms with van der Waals surface area (Å²) in [7, 11) is 5.06. The number of fused-ring (bicyclic) bond motifs is 3. The highest BCUT2D eigenvalue weighted by molar-refractivity contribution is 6.06. The first-order valence-corrected chi connectivity index (χ1v) is 11.0. The average Bonchev–Trinajstić information content (AvgIpc) is 3.15. The fourth-order valence-corrected chi connectivity index (χ4v) is 4.55. The molecule has 0 saturated heterocycles. The predicted octanol–water partition coefficient (Wildman–Crippen LogP) is 4.02. The van der Waals surface area contributed by atoms with Crippen LogP contribution in [0.25, 0.3) is 27.6 Å². The maximum atomic E-state index is 14.0. The zero-order chi connectivity index (χ0) is 24.0. The van der Waals surface area contributed by atoms with E-state index in [0.717, 1.165) is 27.8 Å². The van der Waals surface area contributed by atoms with Crippen molar-refractivity contribution in [2.45, 2.75) is 13.5 Å². The molecular formula is C27H25N3O4. The highest BCUT2D eigenvalue weighted by atomic mass is 16.5. The number of aromatic nitrogens is 3. The van der Waals surface area contributed by atoms with Crippen LogP contribution in [0.4, 0.5) is 0 Å². The molecule has 0 fully saturated rings. The molecule has 0 saturated carbocycles. The summed E-state index contributed by atoms with van der Waals surface area (Å²) in [5.74, 6) is 1.40. The Kier molecular flexibility index (Phi) is 5.24. The van der Waals surface area contributed by atoms with Gasteiger partial charge in [0.25, 0.3) is 5.56 Å². The molecule has 0 N–H and O–H groups in total. The zero-order valence-electron chi connectivity index (χ0n) is 19.5. The molecule has 0 atom stereocenters. The molecule has 0 aliphatic carbocycles. The van der Waals surface area contributed by atoms with Crippen molar-refractivity contribution < 1.29 is 9.47 Å². The molecule has 5 rings (SSSR count). The summed E-state index contributed by atoms with van der Waals surface area (Å²) in [4.78, 5) is 27.8. The van der Waals surface area contributed by atoms with Crippen molar-refractivity contribution in [2.75, 3.05) is 14.2 Å². The fourth-order valence-electron chi connectivity index (χ4n) is 4.55. The van der Waals surface area contributed by atoms with E-state index in [-0.39, 0.29) is 5.56 Å². The zero-order valence-corrected chi connectivity index (χ0v) is 19.5. The summed E-state index contributed by atoms with van der Waals surface area (Å²) >= 11 is 0. The van der Waals surface area contributed by atoms with E-state index in [1.54, 1.807) is 24.9 Å². The summed E-state index contributed by atoms with van der Waals surface area (Å²) in [6, 6.07) is 20.6. The van der Waals surface area contributed by atoms with Gasteiger partial charge in [0, 0.05) is 12.4 Å². The maximum Gasteiger partial charge on any atom is 0.336 e. The number of hydrogen-bond donors (Lipinski definition) is 0. The molecule has 7 nitrogen and oxygen atoms in total. The van der Waals surface area contributed by atoms with E-state index in [9.17, 15) is 9.59 Å². The van der Waals surface area contributed by atoms with E-state index in [0.29, 0.717) is 29.0 Å². The van der Waals surface area contributed by atoms with Crippen LogP contribution in [0.5, 0.6) is 11.5 Å². The summed E-state index contributed by atoms with van der Waals surface area (Å²) < 4.78 is 15.5. The third kappa shape index (κ3) is 3.28. The van der Waals surface area contributed by atoms with Crippen molar-refractivity contribution >= 4 is 21.9 Å². The van der Waals surface area contributed by atoms with E-state index in [1.807, 2.05) is 79.2 Å². The lowest BCUT2D eigenvalue weighted by atomic mass is 10.1. The Bertz CT molecular complexity index is 1660. The van der Waals surface area contributed by atoms with E-state index >= 15 is 0 Å². The molecule has 7 heteroatoms. The Hall–Kier alpha value is -4.26. The second kappa shape index (κ2) is 8.26. The molecule has 2 aromatic heterocycles. The summed E-state index contributed by atoms with van der Waals surface area (Å²) in [6.07, 6.45) is 0. The second-order valence-corrected chi connectivity index (χ2v) is 8.28. The van der Waals surface area contributed by atoms with Gasteiger partial charge in [-0.15, -0.1) is 0 Å². The van der Waals surface area contributed by atoms with Crippen LogP contribution in [-0.4, -0.2) is 27.9 Å². The van der Waals surface area contributed by atoms with Gasteiger partial charge in [0.1, 0.15) is 17.0 Å². The van der Waals surface area contributed by atoms with Gasteiger partial charge in [-0.3, -0.25) is 9.36 Å². The minimum Gasteiger partial charge on any atom is -0.497 e. The first-order valence-electron chi connectivity index (χ1n) is 11.0. The number of rotatable bonds is 5. The van der Waals surface area contributed by atoms with Crippen molar-refractivity contribution in [3.8, 4) is 17.2 Å². The van der Waals surface area contributed by atoms with E-state index in [2.05, 4.69) is 0 Å². The quantitative estimate of drug-likeness (QED) is 0.402. The third-order valence-electron chi connectivity index (χ3n) is 6.33. The predicted molar refractivity (Wildman–Crippen MR) is 134 cm³/mol. The summed E-state index contributed by atoms with van der Waals surface area (Å²) in [6.45, 7) is 2.19. The van der Waals surface area contributed by atoms with Gasteiger partial charge in [-0.2, -0.15) is 0 Å². The molecule has 0 unspecified atom stereocenters. The van der Waals surface area contributed by atoms with Crippen molar-refractivity contribution in [3.05, 3.63) is 98.7 Å². The van der Waals surface area contributed by atoms with Gasteiger partial charge in [-0.05, 0) is 54.4 Å². The Morgan fingerprint density at radius 2 is 1.50 bits per heavy atom. The Labute approximate surface area is 196 Å². The van der Waals surface area contributed by atoms with Crippen LogP contribution in [0.3, 0.4) is 0 Å². The molecule has 0 bridgehead atoms. The highest BCUT2D eigenvalue weighted by Crippen LogP contribution is 2.29. The van der Waals surface area contributed by atoms with Gasteiger partial charge in [-0.25, -0.2) is 9.36 Å². The van der Waals surface area contributed by atoms with Crippen molar-refractivity contribution in [2.24, 2.45) is 7.05 Å². The number of methoxy groups -OCH3 is 2. The minimum absolute atomic E-state index is 0.293.